The minimum absolute atomic E-state index is 0.279. The van der Waals surface area contributed by atoms with Gasteiger partial charge in [0.15, 0.2) is 0 Å². The molecule has 0 fully saturated rings. The molecule has 0 spiro atoms. The van der Waals surface area contributed by atoms with Crippen LogP contribution in [-0.4, -0.2) is 35.7 Å². The number of carbonyl (C=O) groups is 2. The molecule has 0 bridgehead atoms. The number of aromatic nitrogens is 1. The Hall–Kier alpha value is -3.70. The summed E-state index contributed by atoms with van der Waals surface area (Å²) in [6.45, 7) is 2.98. The molecule has 3 aromatic carbocycles. The molecular weight excluding hydrogens is 398 g/mol. The Morgan fingerprint density at radius 3 is 2.34 bits per heavy atom. The van der Waals surface area contributed by atoms with Gasteiger partial charge in [-0.2, -0.15) is 0 Å². The summed E-state index contributed by atoms with van der Waals surface area (Å²) in [6.07, 6.45) is 0. The van der Waals surface area contributed by atoms with Crippen molar-refractivity contribution < 1.29 is 9.59 Å². The first-order chi connectivity index (χ1) is 15.4. The van der Waals surface area contributed by atoms with Gasteiger partial charge in [0, 0.05) is 29.7 Å². The summed E-state index contributed by atoms with van der Waals surface area (Å²) in [7, 11) is 4.09. The van der Waals surface area contributed by atoms with Crippen LogP contribution in [0.15, 0.2) is 72.8 Å². The molecule has 0 unspecified atom stereocenters. The number of hydrogen-bond acceptors (Lipinski definition) is 3. The molecule has 2 N–H and O–H groups in total. The van der Waals surface area contributed by atoms with Crippen molar-refractivity contribution in [3.63, 3.8) is 0 Å². The Labute approximate surface area is 188 Å². The minimum atomic E-state index is -0.603. The van der Waals surface area contributed by atoms with Crippen molar-refractivity contribution in [1.29, 1.82) is 0 Å². The average Bonchev–Trinajstić information content (AvgIpc) is 3.13. The molecule has 0 aliphatic heterocycles. The molecule has 5 nitrogen and oxygen atoms in total. The number of hydrogen-bond donors (Lipinski definition) is 2. The second kappa shape index (κ2) is 9.20. The number of fused-ring (bicyclic) bond motifs is 1. The molecule has 1 heterocycles. The summed E-state index contributed by atoms with van der Waals surface area (Å²) in [5, 5.41) is 3.58. The number of rotatable bonds is 7. The van der Waals surface area contributed by atoms with E-state index in [1.165, 1.54) is 5.56 Å². The zero-order valence-corrected chi connectivity index (χ0v) is 18.6. The third-order valence-corrected chi connectivity index (χ3v) is 5.55. The van der Waals surface area contributed by atoms with Crippen LogP contribution < -0.4 is 5.32 Å². The lowest BCUT2D eigenvalue weighted by Crippen LogP contribution is -2.31. The van der Waals surface area contributed by atoms with E-state index in [-0.39, 0.29) is 6.54 Å². The largest absolute Gasteiger partial charge is 0.358 e. The van der Waals surface area contributed by atoms with Gasteiger partial charge in [0.25, 0.3) is 11.7 Å². The van der Waals surface area contributed by atoms with Crippen LogP contribution in [0.1, 0.15) is 27.2 Å². The van der Waals surface area contributed by atoms with Gasteiger partial charge in [-0.05, 0) is 49.3 Å². The molecule has 162 valence electrons. The number of aryl methyl sites for hydroxylation is 1. The number of nitrogens with zero attached hydrogens (tertiary/aromatic N) is 1. The highest BCUT2D eigenvalue weighted by Gasteiger charge is 2.22. The van der Waals surface area contributed by atoms with E-state index < -0.39 is 11.7 Å². The fourth-order valence-electron chi connectivity index (χ4n) is 4.05. The normalized spacial score (nSPS) is 11.1. The summed E-state index contributed by atoms with van der Waals surface area (Å²) in [5.74, 6) is -1.13. The van der Waals surface area contributed by atoms with Crippen molar-refractivity contribution in [3.8, 4) is 11.1 Å². The number of Topliss-reactive ketones (excluding diaryl/α,β-unsaturated/α-hetero) is 1. The zero-order valence-electron chi connectivity index (χ0n) is 18.6. The van der Waals surface area contributed by atoms with E-state index in [1.807, 2.05) is 69.6 Å². The number of aromatic amines is 1. The summed E-state index contributed by atoms with van der Waals surface area (Å²) >= 11 is 0. The molecule has 5 heteroatoms. The SMILES string of the molecule is Cc1[nH]c2ccccc2c1C(=O)C(=O)NCc1ccccc1-c1ccc(CN(C)C)cc1. The lowest BCUT2D eigenvalue weighted by molar-refractivity contribution is -0.117. The second-order valence-electron chi connectivity index (χ2n) is 8.27. The van der Waals surface area contributed by atoms with Gasteiger partial charge in [-0.25, -0.2) is 0 Å². The topological polar surface area (TPSA) is 65.2 Å². The first kappa shape index (κ1) is 21.5. The van der Waals surface area contributed by atoms with Gasteiger partial charge < -0.3 is 15.2 Å². The molecule has 0 aliphatic carbocycles. The van der Waals surface area contributed by atoms with E-state index in [9.17, 15) is 9.59 Å². The van der Waals surface area contributed by atoms with Gasteiger partial charge in [-0.1, -0.05) is 66.7 Å². The number of nitrogens with one attached hydrogen (secondary N) is 2. The van der Waals surface area contributed by atoms with Crippen LogP contribution in [0.4, 0.5) is 0 Å². The Kier molecular flexibility index (Phi) is 6.19. The number of para-hydroxylation sites is 1. The van der Waals surface area contributed by atoms with E-state index >= 15 is 0 Å². The second-order valence-corrected chi connectivity index (χ2v) is 8.27. The van der Waals surface area contributed by atoms with E-state index in [4.69, 9.17) is 0 Å². The molecule has 4 rings (SSSR count). The Bertz CT molecular complexity index is 1270. The van der Waals surface area contributed by atoms with Crippen molar-refractivity contribution in [2.45, 2.75) is 20.0 Å². The predicted molar refractivity (Wildman–Crippen MR) is 128 cm³/mol. The molecule has 0 atom stereocenters. The van der Waals surface area contributed by atoms with Crippen molar-refractivity contribution in [3.05, 3.63) is 95.2 Å². The fraction of sp³-hybridized carbons (Fsp3) is 0.185. The van der Waals surface area contributed by atoms with Gasteiger partial charge in [0.05, 0.1) is 5.56 Å². The maximum Gasteiger partial charge on any atom is 0.292 e. The van der Waals surface area contributed by atoms with Crippen LogP contribution >= 0.6 is 0 Å². The summed E-state index contributed by atoms with van der Waals surface area (Å²) in [4.78, 5) is 30.9. The summed E-state index contributed by atoms with van der Waals surface area (Å²) in [6, 6.07) is 23.9. The first-order valence-corrected chi connectivity index (χ1v) is 10.7. The van der Waals surface area contributed by atoms with Crippen molar-refractivity contribution in [2.24, 2.45) is 0 Å². The van der Waals surface area contributed by atoms with Gasteiger partial charge in [0.1, 0.15) is 0 Å². The third-order valence-electron chi connectivity index (χ3n) is 5.55. The average molecular weight is 426 g/mol. The fourth-order valence-corrected chi connectivity index (χ4v) is 4.05. The Morgan fingerprint density at radius 2 is 1.59 bits per heavy atom. The van der Waals surface area contributed by atoms with Crippen LogP contribution in [0.5, 0.6) is 0 Å². The summed E-state index contributed by atoms with van der Waals surface area (Å²) < 4.78 is 0. The zero-order chi connectivity index (χ0) is 22.7. The number of carbonyl (C=O) groups excluding carboxylic acids is 2. The van der Waals surface area contributed by atoms with Gasteiger partial charge >= 0.3 is 0 Å². The number of benzene rings is 3. The Morgan fingerprint density at radius 1 is 0.906 bits per heavy atom. The van der Waals surface area contributed by atoms with Crippen LogP contribution in [-0.2, 0) is 17.9 Å². The first-order valence-electron chi connectivity index (χ1n) is 10.7. The lowest BCUT2D eigenvalue weighted by atomic mass is 9.98. The van der Waals surface area contributed by atoms with Crippen LogP contribution in [0, 0.1) is 6.92 Å². The Balaban J connectivity index is 1.51. The lowest BCUT2D eigenvalue weighted by Gasteiger charge is -2.13. The van der Waals surface area contributed by atoms with Crippen LogP contribution in [0.2, 0.25) is 0 Å². The van der Waals surface area contributed by atoms with Crippen molar-refractivity contribution in [2.75, 3.05) is 14.1 Å². The molecule has 1 amide bonds. The van der Waals surface area contributed by atoms with E-state index in [0.29, 0.717) is 11.3 Å². The standard InChI is InChI=1S/C27H27N3O2/c1-18-25(23-10-6-7-11-24(23)29-18)26(31)27(32)28-16-21-8-4-5-9-22(21)20-14-12-19(13-15-20)17-30(2)3/h4-15,29H,16-17H2,1-3H3,(H,28,32). The van der Waals surface area contributed by atoms with E-state index in [2.05, 4.69) is 39.5 Å². The molecule has 0 saturated heterocycles. The maximum atomic E-state index is 12.9. The summed E-state index contributed by atoms with van der Waals surface area (Å²) in [5.41, 5.74) is 6.31. The molecule has 0 saturated carbocycles. The molecular formula is C27H27N3O2. The minimum Gasteiger partial charge on any atom is -0.358 e. The highest BCUT2D eigenvalue weighted by atomic mass is 16.2. The van der Waals surface area contributed by atoms with Crippen LogP contribution in [0.25, 0.3) is 22.0 Å². The molecule has 32 heavy (non-hydrogen) atoms. The van der Waals surface area contributed by atoms with E-state index in [0.717, 1.165) is 34.1 Å². The number of H-pyrrole nitrogens is 1. The molecule has 1 aromatic heterocycles. The monoisotopic (exact) mass is 425 g/mol. The number of ketones is 1. The third kappa shape index (κ3) is 4.48. The van der Waals surface area contributed by atoms with Crippen molar-refractivity contribution >= 4 is 22.6 Å². The van der Waals surface area contributed by atoms with Crippen molar-refractivity contribution in [1.82, 2.24) is 15.2 Å². The molecule has 0 radical (unpaired) electrons. The highest BCUT2D eigenvalue weighted by Crippen LogP contribution is 2.25. The number of amides is 1. The quantitative estimate of drug-likeness (QED) is 0.333. The predicted octanol–water partition coefficient (Wildman–Crippen LogP) is 4.70. The molecule has 0 aliphatic rings. The molecule has 4 aromatic rings. The maximum absolute atomic E-state index is 12.9. The highest BCUT2D eigenvalue weighted by molar-refractivity contribution is 6.45. The van der Waals surface area contributed by atoms with E-state index in [1.54, 1.807) is 0 Å². The van der Waals surface area contributed by atoms with Gasteiger partial charge in [-0.15, -0.1) is 0 Å². The van der Waals surface area contributed by atoms with Gasteiger partial charge in [-0.3, -0.25) is 9.59 Å². The van der Waals surface area contributed by atoms with Gasteiger partial charge in [0.2, 0.25) is 0 Å². The smallest absolute Gasteiger partial charge is 0.292 e. The van der Waals surface area contributed by atoms with Crippen LogP contribution in [0.3, 0.4) is 0 Å².